The highest BCUT2D eigenvalue weighted by Crippen LogP contribution is 2.37. The maximum absolute atomic E-state index is 11.4. The molecule has 0 aliphatic heterocycles. The second kappa shape index (κ2) is 4.87. The van der Waals surface area contributed by atoms with Gasteiger partial charge in [-0.05, 0) is 50.9 Å². The van der Waals surface area contributed by atoms with Gasteiger partial charge in [0.05, 0.1) is 0 Å². The predicted octanol–water partition coefficient (Wildman–Crippen LogP) is 4.83. The van der Waals surface area contributed by atoms with Crippen LogP contribution in [0.4, 0.5) is 5.69 Å². The van der Waals surface area contributed by atoms with Crippen molar-refractivity contribution in [1.29, 1.82) is 0 Å². The third kappa shape index (κ3) is 2.94. The van der Waals surface area contributed by atoms with E-state index in [0.717, 1.165) is 17.1 Å². The lowest BCUT2D eigenvalue weighted by Gasteiger charge is -2.31. The molecule has 0 radical (unpaired) electrons. The topological polar surface area (TPSA) is 43.1 Å². The van der Waals surface area contributed by atoms with Gasteiger partial charge >= 0.3 is 0 Å². The summed E-state index contributed by atoms with van der Waals surface area (Å²) in [5.74, 6) is 0. The average molecular weight is 283 g/mol. The second-order valence-electron chi connectivity index (χ2n) is 7.85. The molecule has 0 amide bonds. The van der Waals surface area contributed by atoms with Crippen molar-refractivity contribution in [2.24, 2.45) is 0 Å². The molecule has 0 aliphatic rings. The zero-order chi connectivity index (χ0) is 16.0. The molecule has 0 aromatic heterocycles. The standard InChI is InChI=1S/C19H25NO/c1-18(2,3)16-9-12-7-14(20)8-13(11-21)15(12)10-17(16)19(4,5)6/h7-11H,20H2,1-6H3. The molecular weight excluding hydrogens is 258 g/mol. The van der Waals surface area contributed by atoms with Gasteiger partial charge in [0, 0.05) is 11.3 Å². The molecule has 2 rings (SSSR count). The number of rotatable bonds is 1. The van der Waals surface area contributed by atoms with Gasteiger partial charge in [0.25, 0.3) is 0 Å². The Hall–Kier alpha value is -1.83. The molecule has 21 heavy (non-hydrogen) atoms. The van der Waals surface area contributed by atoms with E-state index >= 15 is 0 Å². The van der Waals surface area contributed by atoms with Crippen LogP contribution in [-0.2, 0) is 10.8 Å². The number of anilines is 1. The number of fused-ring (bicyclic) bond motifs is 1. The molecule has 2 N–H and O–H groups in total. The summed E-state index contributed by atoms with van der Waals surface area (Å²) in [6, 6.07) is 8.06. The molecule has 0 atom stereocenters. The summed E-state index contributed by atoms with van der Waals surface area (Å²) in [5.41, 5.74) is 9.89. The molecule has 0 heterocycles. The third-order valence-electron chi connectivity index (χ3n) is 3.89. The van der Waals surface area contributed by atoms with Crippen LogP contribution in [0.5, 0.6) is 0 Å². The van der Waals surface area contributed by atoms with E-state index in [1.54, 1.807) is 6.07 Å². The number of carbonyl (C=O) groups is 1. The Kier molecular flexibility index (Phi) is 3.61. The van der Waals surface area contributed by atoms with Gasteiger partial charge in [0.2, 0.25) is 0 Å². The van der Waals surface area contributed by atoms with Gasteiger partial charge in [0.1, 0.15) is 0 Å². The molecule has 112 valence electrons. The average Bonchev–Trinajstić information content (AvgIpc) is 2.33. The van der Waals surface area contributed by atoms with E-state index in [2.05, 4.69) is 53.7 Å². The lowest BCUT2D eigenvalue weighted by atomic mass is 9.74. The fraction of sp³-hybridized carbons (Fsp3) is 0.421. The maximum Gasteiger partial charge on any atom is 0.150 e. The number of hydrogen-bond acceptors (Lipinski definition) is 2. The van der Waals surface area contributed by atoms with E-state index in [-0.39, 0.29) is 10.8 Å². The molecule has 0 fully saturated rings. The molecule has 2 aromatic rings. The highest BCUT2D eigenvalue weighted by atomic mass is 16.1. The van der Waals surface area contributed by atoms with Crippen molar-refractivity contribution in [3.8, 4) is 0 Å². The summed E-state index contributed by atoms with van der Waals surface area (Å²) >= 11 is 0. The van der Waals surface area contributed by atoms with E-state index in [0.29, 0.717) is 11.3 Å². The van der Waals surface area contributed by atoms with Gasteiger partial charge in [-0.2, -0.15) is 0 Å². The first-order valence-electron chi connectivity index (χ1n) is 7.37. The summed E-state index contributed by atoms with van der Waals surface area (Å²) in [6.45, 7) is 13.3. The quantitative estimate of drug-likeness (QED) is 0.601. The molecule has 0 unspecified atom stereocenters. The Morgan fingerprint density at radius 2 is 1.38 bits per heavy atom. The van der Waals surface area contributed by atoms with E-state index in [1.165, 1.54) is 11.1 Å². The van der Waals surface area contributed by atoms with Crippen LogP contribution >= 0.6 is 0 Å². The molecule has 0 spiro atoms. The number of carbonyl (C=O) groups excluding carboxylic acids is 1. The van der Waals surface area contributed by atoms with Gasteiger partial charge in [0.15, 0.2) is 6.29 Å². The first-order chi connectivity index (χ1) is 9.54. The Bertz CT molecular complexity index is 700. The first kappa shape index (κ1) is 15.6. The normalized spacial score (nSPS) is 12.7. The molecular formula is C19H25NO. The Labute approximate surface area is 127 Å². The summed E-state index contributed by atoms with van der Waals surface area (Å²) in [5, 5.41) is 2.02. The Morgan fingerprint density at radius 3 is 1.86 bits per heavy atom. The highest BCUT2D eigenvalue weighted by Gasteiger charge is 2.26. The van der Waals surface area contributed by atoms with E-state index in [1.807, 2.05) is 6.07 Å². The van der Waals surface area contributed by atoms with Gasteiger partial charge in [-0.15, -0.1) is 0 Å². The van der Waals surface area contributed by atoms with Crippen molar-refractivity contribution in [3.63, 3.8) is 0 Å². The summed E-state index contributed by atoms with van der Waals surface area (Å²) in [6.07, 6.45) is 0.891. The molecule has 0 saturated carbocycles. The minimum absolute atomic E-state index is 0.0261. The fourth-order valence-electron chi connectivity index (χ4n) is 2.80. The number of hydrogen-bond donors (Lipinski definition) is 1. The number of nitrogen functional groups attached to an aromatic ring is 1. The van der Waals surface area contributed by atoms with Crippen molar-refractivity contribution in [3.05, 3.63) is 41.0 Å². The van der Waals surface area contributed by atoms with Gasteiger partial charge < -0.3 is 5.73 Å². The monoisotopic (exact) mass is 283 g/mol. The molecule has 0 saturated heterocycles. The van der Waals surface area contributed by atoms with Crippen molar-refractivity contribution < 1.29 is 4.79 Å². The molecule has 2 nitrogen and oxygen atoms in total. The van der Waals surface area contributed by atoms with Crippen LogP contribution in [0.3, 0.4) is 0 Å². The smallest absolute Gasteiger partial charge is 0.150 e. The SMILES string of the molecule is CC(C)(C)c1cc2cc(N)cc(C=O)c2cc1C(C)(C)C. The highest BCUT2D eigenvalue weighted by molar-refractivity contribution is 6.01. The zero-order valence-electron chi connectivity index (χ0n) is 13.9. The molecule has 0 aliphatic carbocycles. The molecule has 2 aromatic carbocycles. The van der Waals surface area contributed by atoms with Crippen LogP contribution in [0.25, 0.3) is 10.8 Å². The van der Waals surface area contributed by atoms with Crippen molar-refractivity contribution in [2.45, 2.75) is 52.4 Å². The number of nitrogens with two attached hydrogens (primary N) is 1. The minimum atomic E-state index is 0.0261. The maximum atomic E-state index is 11.4. The lowest BCUT2D eigenvalue weighted by Crippen LogP contribution is -2.22. The van der Waals surface area contributed by atoms with Gasteiger partial charge in [-0.1, -0.05) is 47.6 Å². The van der Waals surface area contributed by atoms with Gasteiger partial charge in [-0.25, -0.2) is 0 Å². The van der Waals surface area contributed by atoms with Crippen molar-refractivity contribution >= 4 is 22.7 Å². The first-order valence-corrected chi connectivity index (χ1v) is 7.37. The van der Waals surface area contributed by atoms with Crippen LogP contribution in [0.2, 0.25) is 0 Å². The van der Waals surface area contributed by atoms with Crippen LogP contribution in [-0.4, -0.2) is 6.29 Å². The number of aldehydes is 1. The van der Waals surface area contributed by atoms with Crippen LogP contribution in [0.1, 0.15) is 63.0 Å². The second-order valence-corrected chi connectivity index (χ2v) is 7.85. The van der Waals surface area contributed by atoms with Crippen LogP contribution < -0.4 is 5.73 Å². The summed E-state index contributed by atoms with van der Waals surface area (Å²) in [7, 11) is 0. The summed E-state index contributed by atoms with van der Waals surface area (Å²) < 4.78 is 0. The van der Waals surface area contributed by atoms with E-state index in [4.69, 9.17) is 5.73 Å². The van der Waals surface area contributed by atoms with Crippen LogP contribution in [0.15, 0.2) is 24.3 Å². The number of benzene rings is 2. The Balaban J connectivity index is 2.93. The lowest BCUT2D eigenvalue weighted by molar-refractivity contribution is 0.112. The minimum Gasteiger partial charge on any atom is -0.399 e. The summed E-state index contributed by atoms with van der Waals surface area (Å²) in [4.78, 5) is 11.4. The zero-order valence-corrected chi connectivity index (χ0v) is 13.9. The fourth-order valence-corrected chi connectivity index (χ4v) is 2.80. The molecule has 0 bridgehead atoms. The third-order valence-corrected chi connectivity index (χ3v) is 3.89. The van der Waals surface area contributed by atoms with E-state index in [9.17, 15) is 4.79 Å². The predicted molar refractivity (Wildman–Crippen MR) is 91.1 cm³/mol. The van der Waals surface area contributed by atoms with Crippen LogP contribution in [0, 0.1) is 0 Å². The van der Waals surface area contributed by atoms with Gasteiger partial charge in [-0.3, -0.25) is 4.79 Å². The van der Waals surface area contributed by atoms with Crippen molar-refractivity contribution in [1.82, 2.24) is 0 Å². The molecule has 2 heteroatoms. The largest absolute Gasteiger partial charge is 0.399 e. The van der Waals surface area contributed by atoms with E-state index < -0.39 is 0 Å². The Morgan fingerprint density at radius 1 is 0.857 bits per heavy atom. The van der Waals surface area contributed by atoms with Crippen molar-refractivity contribution in [2.75, 3.05) is 5.73 Å².